The molecular weight excluding hydrogens is 240 g/mol. The molecule has 19 heavy (non-hydrogen) atoms. The summed E-state index contributed by atoms with van der Waals surface area (Å²) in [4.78, 5) is 11.9. The molecule has 0 bridgehead atoms. The zero-order valence-electron chi connectivity index (χ0n) is 11.2. The molecule has 0 saturated carbocycles. The Morgan fingerprint density at radius 3 is 2.79 bits per heavy atom. The first kappa shape index (κ1) is 13.2. The Bertz CT molecular complexity index is 574. The first-order valence-corrected chi connectivity index (χ1v) is 6.26. The van der Waals surface area contributed by atoms with Gasteiger partial charge in [0.15, 0.2) is 0 Å². The van der Waals surface area contributed by atoms with E-state index in [0.29, 0.717) is 18.5 Å². The molecular formula is C15H18N2O2. The fraction of sp³-hybridized carbons (Fsp3) is 0.267. The highest BCUT2D eigenvalue weighted by atomic mass is 16.3. The largest absolute Gasteiger partial charge is 0.469 e. The minimum Gasteiger partial charge on any atom is -0.469 e. The molecule has 1 aromatic carbocycles. The number of nitrogen functional groups attached to an aromatic ring is 1. The van der Waals surface area contributed by atoms with Crippen molar-refractivity contribution >= 4 is 17.3 Å². The van der Waals surface area contributed by atoms with Crippen molar-refractivity contribution in [3.8, 4) is 0 Å². The molecule has 100 valence electrons. The number of hydrogen-bond acceptors (Lipinski definition) is 3. The van der Waals surface area contributed by atoms with Gasteiger partial charge in [-0.05, 0) is 43.2 Å². The van der Waals surface area contributed by atoms with Gasteiger partial charge in [0.05, 0.1) is 6.26 Å². The molecule has 3 N–H and O–H groups in total. The van der Waals surface area contributed by atoms with E-state index in [4.69, 9.17) is 10.2 Å². The van der Waals surface area contributed by atoms with Crippen molar-refractivity contribution in [1.29, 1.82) is 0 Å². The molecule has 0 saturated heterocycles. The lowest BCUT2D eigenvalue weighted by Crippen LogP contribution is -2.14. The van der Waals surface area contributed by atoms with Crippen LogP contribution in [-0.4, -0.2) is 5.91 Å². The van der Waals surface area contributed by atoms with Crippen LogP contribution in [0, 0.1) is 13.8 Å². The number of rotatable bonds is 4. The van der Waals surface area contributed by atoms with E-state index in [1.165, 1.54) is 0 Å². The number of furan rings is 1. The molecule has 1 aromatic heterocycles. The van der Waals surface area contributed by atoms with Crippen molar-refractivity contribution in [3.63, 3.8) is 0 Å². The van der Waals surface area contributed by atoms with Crippen LogP contribution in [0.4, 0.5) is 11.4 Å². The third-order valence-corrected chi connectivity index (χ3v) is 3.16. The lowest BCUT2D eigenvalue weighted by Gasteiger charge is -2.13. The number of amides is 1. The summed E-state index contributed by atoms with van der Waals surface area (Å²) in [6.45, 7) is 3.86. The SMILES string of the molecule is Cc1ccc(N)c(C)c1NC(=O)CCc1ccco1. The molecule has 0 spiro atoms. The fourth-order valence-electron chi connectivity index (χ4n) is 1.95. The predicted octanol–water partition coefficient (Wildman–Crippen LogP) is 3.05. The summed E-state index contributed by atoms with van der Waals surface area (Å²) in [6, 6.07) is 7.44. The first-order chi connectivity index (χ1) is 9.08. The lowest BCUT2D eigenvalue weighted by molar-refractivity contribution is -0.116. The number of hydrogen-bond donors (Lipinski definition) is 2. The van der Waals surface area contributed by atoms with Gasteiger partial charge in [-0.25, -0.2) is 0 Å². The Morgan fingerprint density at radius 2 is 2.11 bits per heavy atom. The van der Waals surface area contributed by atoms with E-state index in [0.717, 1.165) is 22.6 Å². The molecule has 0 aliphatic heterocycles. The average Bonchev–Trinajstić information content (AvgIpc) is 2.90. The van der Waals surface area contributed by atoms with Crippen LogP contribution in [0.1, 0.15) is 23.3 Å². The maximum absolute atomic E-state index is 11.9. The van der Waals surface area contributed by atoms with Crippen molar-refractivity contribution in [1.82, 2.24) is 0 Å². The number of aryl methyl sites for hydroxylation is 2. The number of benzene rings is 1. The number of carbonyl (C=O) groups excluding carboxylic acids is 1. The van der Waals surface area contributed by atoms with Gasteiger partial charge in [0, 0.05) is 24.2 Å². The van der Waals surface area contributed by atoms with Gasteiger partial charge in [-0.2, -0.15) is 0 Å². The second kappa shape index (κ2) is 5.61. The van der Waals surface area contributed by atoms with Crippen LogP contribution in [-0.2, 0) is 11.2 Å². The summed E-state index contributed by atoms with van der Waals surface area (Å²) in [5.74, 6) is 0.782. The highest BCUT2D eigenvalue weighted by molar-refractivity contribution is 5.93. The Labute approximate surface area is 112 Å². The van der Waals surface area contributed by atoms with Crippen molar-refractivity contribution in [2.24, 2.45) is 0 Å². The van der Waals surface area contributed by atoms with Crippen LogP contribution in [0.15, 0.2) is 34.9 Å². The molecule has 0 radical (unpaired) electrons. The second-order valence-corrected chi connectivity index (χ2v) is 4.60. The van der Waals surface area contributed by atoms with Crippen LogP contribution < -0.4 is 11.1 Å². The topological polar surface area (TPSA) is 68.3 Å². The van der Waals surface area contributed by atoms with E-state index in [1.54, 1.807) is 6.26 Å². The molecule has 2 rings (SSSR count). The summed E-state index contributed by atoms with van der Waals surface area (Å²) in [7, 11) is 0. The van der Waals surface area contributed by atoms with Crippen molar-refractivity contribution < 1.29 is 9.21 Å². The Balaban J connectivity index is 2.01. The Morgan fingerprint density at radius 1 is 1.32 bits per heavy atom. The molecule has 2 aromatic rings. The normalized spacial score (nSPS) is 10.4. The van der Waals surface area contributed by atoms with Crippen molar-refractivity contribution in [3.05, 3.63) is 47.4 Å². The fourth-order valence-corrected chi connectivity index (χ4v) is 1.95. The van der Waals surface area contributed by atoms with Gasteiger partial charge in [-0.3, -0.25) is 4.79 Å². The zero-order valence-corrected chi connectivity index (χ0v) is 11.2. The van der Waals surface area contributed by atoms with Crippen molar-refractivity contribution in [2.45, 2.75) is 26.7 Å². The van der Waals surface area contributed by atoms with E-state index in [9.17, 15) is 4.79 Å². The molecule has 0 unspecified atom stereocenters. The molecule has 4 heteroatoms. The molecule has 0 atom stereocenters. The molecule has 0 aliphatic carbocycles. The standard InChI is InChI=1S/C15H18N2O2/c1-10-5-7-13(16)11(2)15(10)17-14(18)8-6-12-4-3-9-19-12/h3-5,7,9H,6,8,16H2,1-2H3,(H,17,18). The Hall–Kier alpha value is -2.23. The van der Waals surface area contributed by atoms with Crippen molar-refractivity contribution in [2.75, 3.05) is 11.1 Å². The van der Waals surface area contributed by atoms with Crippen LogP contribution in [0.5, 0.6) is 0 Å². The summed E-state index contributed by atoms with van der Waals surface area (Å²) >= 11 is 0. The molecule has 0 aliphatic rings. The Kier molecular flexibility index (Phi) is 3.90. The highest BCUT2D eigenvalue weighted by Gasteiger charge is 2.10. The third kappa shape index (κ3) is 3.16. The van der Waals surface area contributed by atoms with E-state index in [1.807, 2.05) is 38.1 Å². The summed E-state index contributed by atoms with van der Waals surface area (Å²) in [5, 5.41) is 2.92. The van der Waals surface area contributed by atoms with Crippen LogP contribution in [0.2, 0.25) is 0 Å². The predicted molar refractivity (Wildman–Crippen MR) is 76.0 cm³/mol. The first-order valence-electron chi connectivity index (χ1n) is 6.26. The monoisotopic (exact) mass is 258 g/mol. The number of anilines is 2. The number of nitrogens with two attached hydrogens (primary N) is 1. The van der Waals surface area contributed by atoms with Gasteiger partial charge < -0.3 is 15.5 Å². The molecule has 0 fully saturated rings. The van der Waals surface area contributed by atoms with E-state index < -0.39 is 0 Å². The minimum atomic E-state index is -0.0341. The molecule has 4 nitrogen and oxygen atoms in total. The maximum Gasteiger partial charge on any atom is 0.224 e. The van der Waals surface area contributed by atoms with E-state index in [-0.39, 0.29) is 5.91 Å². The van der Waals surface area contributed by atoms with Gasteiger partial charge in [-0.1, -0.05) is 6.07 Å². The molecule has 1 heterocycles. The van der Waals surface area contributed by atoms with Crippen LogP contribution in [0.25, 0.3) is 0 Å². The number of carbonyl (C=O) groups is 1. The molecule has 1 amide bonds. The van der Waals surface area contributed by atoms with Gasteiger partial charge in [0.25, 0.3) is 0 Å². The lowest BCUT2D eigenvalue weighted by atomic mass is 10.1. The van der Waals surface area contributed by atoms with Gasteiger partial charge in [0.2, 0.25) is 5.91 Å². The highest BCUT2D eigenvalue weighted by Crippen LogP contribution is 2.25. The zero-order chi connectivity index (χ0) is 13.8. The summed E-state index contributed by atoms with van der Waals surface area (Å²) in [6.07, 6.45) is 2.60. The van der Waals surface area contributed by atoms with Crippen LogP contribution >= 0.6 is 0 Å². The van der Waals surface area contributed by atoms with Gasteiger partial charge in [-0.15, -0.1) is 0 Å². The number of nitrogens with one attached hydrogen (secondary N) is 1. The summed E-state index contributed by atoms with van der Waals surface area (Å²) in [5.41, 5.74) is 9.27. The van der Waals surface area contributed by atoms with Gasteiger partial charge in [0.1, 0.15) is 5.76 Å². The van der Waals surface area contributed by atoms with E-state index >= 15 is 0 Å². The maximum atomic E-state index is 11.9. The van der Waals surface area contributed by atoms with Crippen LogP contribution in [0.3, 0.4) is 0 Å². The smallest absolute Gasteiger partial charge is 0.224 e. The van der Waals surface area contributed by atoms with Gasteiger partial charge >= 0.3 is 0 Å². The average molecular weight is 258 g/mol. The van der Waals surface area contributed by atoms with E-state index in [2.05, 4.69) is 5.32 Å². The quantitative estimate of drug-likeness (QED) is 0.828. The third-order valence-electron chi connectivity index (χ3n) is 3.16. The second-order valence-electron chi connectivity index (χ2n) is 4.60. The minimum absolute atomic E-state index is 0.0341. The summed E-state index contributed by atoms with van der Waals surface area (Å²) < 4.78 is 5.20.